The molecule has 3 rings (SSSR count). The van der Waals surface area contributed by atoms with Crippen molar-refractivity contribution in [3.8, 4) is 11.3 Å². The Kier molecular flexibility index (Phi) is 2.84. The number of benzene rings is 2. The minimum Gasteiger partial charge on any atom is -0.478 e. The van der Waals surface area contributed by atoms with Crippen LogP contribution in [0.3, 0.4) is 0 Å². The number of carboxylic acid groups (broad SMARTS) is 1. The molecule has 20 heavy (non-hydrogen) atoms. The zero-order valence-electron chi connectivity index (χ0n) is 10.4. The van der Waals surface area contributed by atoms with Gasteiger partial charge in [-0.3, -0.25) is 4.79 Å². The molecule has 0 aliphatic rings. The van der Waals surface area contributed by atoms with Crippen LogP contribution in [0.4, 0.5) is 0 Å². The molecule has 4 heteroatoms. The summed E-state index contributed by atoms with van der Waals surface area (Å²) in [7, 11) is 0. The van der Waals surface area contributed by atoms with Gasteiger partial charge in [0.05, 0.1) is 10.9 Å². The van der Waals surface area contributed by atoms with Crippen molar-refractivity contribution in [2.24, 2.45) is 0 Å². The van der Waals surface area contributed by atoms with E-state index in [1.165, 1.54) is 24.3 Å². The van der Waals surface area contributed by atoms with Crippen molar-refractivity contribution in [2.45, 2.75) is 0 Å². The first kappa shape index (κ1) is 12.2. The second-order valence-corrected chi connectivity index (χ2v) is 4.36. The Morgan fingerprint density at radius 3 is 2.45 bits per heavy atom. The Labute approximate surface area is 113 Å². The number of carboxylic acids is 1. The van der Waals surface area contributed by atoms with Crippen LogP contribution in [0.15, 0.2) is 63.8 Å². The van der Waals surface area contributed by atoms with Crippen molar-refractivity contribution in [1.82, 2.24) is 0 Å². The molecule has 98 valence electrons. The van der Waals surface area contributed by atoms with Crippen molar-refractivity contribution >= 4 is 16.9 Å². The molecule has 1 aromatic heterocycles. The van der Waals surface area contributed by atoms with Gasteiger partial charge < -0.3 is 9.52 Å². The number of hydrogen-bond acceptors (Lipinski definition) is 3. The maximum Gasteiger partial charge on any atom is 0.335 e. The van der Waals surface area contributed by atoms with E-state index in [4.69, 9.17) is 9.52 Å². The van der Waals surface area contributed by atoms with Crippen LogP contribution in [0.5, 0.6) is 0 Å². The molecule has 0 bridgehead atoms. The Morgan fingerprint density at radius 2 is 1.75 bits per heavy atom. The summed E-state index contributed by atoms with van der Waals surface area (Å²) >= 11 is 0. The lowest BCUT2D eigenvalue weighted by atomic mass is 10.1. The van der Waals surface area contributed by atoms with Crippen LogP contribution < -0.4 is 5.43 Å². The minimum atomic E-state index is -1.06. The second-order valence-electron chi connectivity index (χ2n) is 4.36. The zero-order chi connectivity index (χ0) is 14.1. The van der Waals surface area contributed by atoms with E-state index < -0.39 is 5.97 Å². The van der Waals surface area contributed by atoms with E-state index in [2.05, 4.69) is 0 Å². The van der Waals surface area contributed by atoms with Gasteiger partial charge in [-0.1, -0.05) is 30.3 Å². The molecular weight excluding hydrogens is 256 g/mol. The molecule has 0 spiro atoms. The lowest BCUT2D eigenvalue weighted by Crippen LogP contribution is -2.02. The molecule has 0 radical (unpaired) electrons. The zero-order valence-corrected chi connectivity index (χ0v) is 10.4. The molecule has 0 atom stereocenters. The minimum absolute atomic E-state index is 0.0888. The average molecular weight is 266 g/mol. The number of hydrogen-bond donors (Lipinski definition) is 1. The van der Waals surface area contributed by atoms with Gasteiger partial charge in [-0.2, -0.15) is 0 Å². The Hall–Kier alpha value is -2.88. The molecule has 1 heterocycles. The fraction of sp³-hybridized carbons (Fsp3) is 0. The van der Waals surface area contributed by atoms with E-state index in [0.29, 0.717) is 11.1 Å². The van der Waals surface area contributed by atoms with Gasteiger partial charge in [0.15, 0.2) is 5.43 Å². The number of carbonyl (C=O) groups is 1. The molecule has 0 aliphatic heterocycles. The fourth-order valence-electron chi connectivity index (χ4n) is 2.03. The average Bonchev–Trinajstić information content (AvgIpc) is 2.47. The molecule has 1 N–H and O–H groups in total. The van der Waals surface area contributed by atoms with Gasteiger partial charge in [-0.25, -0.2) is 4.79 Å². The van der Waals surface area contributed by atoms with Gasteiger partial charge in [0, 0.05) is 11.6 Å². The summed E-state index contributed by atoms with van der Waals surface area (Å²) in [5.74, 6) is -0.634. The van der Waals surface area contributed by atoms with E-state index in [-0.39, 0.29) is 16.6 Å². The summed E-state index contributed by atoms with van der Waals surface area (Å²) in [6.45, 7) is 0. The lowest BCUT2D eigenvalue weighted by molar-refractivity contribution is 0.0697. The largest absolute Gasteiger partial charge is 0.478 e. The van der Waals surface area contributed by atoms with Crippen LogP contribution >= 0.6 is 0 Å². The van der Waals surface area contributed by atoms with Crippen LogP contribution in [-0.4, -0.2) is 11.1 Å². The van der Waals surface area contributed by atoms with Crippen molar-refractivity contribution in [1.29, 1.82) is 0 Å². The fourth-order valence-corrected chi connectivity index (χ4v) is 2.03. The summed E-state index contributed by atoms with van der Waals surface area (Å²) in [5.41, 5.74) is 0.941. The third-order valence-corrected chi connectivity index (χ3v) is 3.03. The molecular formula is C16H10O4. The smallest absolute Gasteiger partial charge is 0.335 e. The molecule has 0 saturated carbocycles. The van der Waals surface area contributed by atoms with E-state index in [1.54, 1.807) is 0 Å². The first-order valence-electron chi connectivity index (χ1n) is 6.02. The Bertz CT molecular complexity index is 847. The third-order valence-electron chi connectivity index (χ3n) is 3.03. The van der Waals surface area contributed by atoms with Crippen molar-refractivity contribution in [2.75, 3.05) is 0 Å². The van der Waals surface area contributed by atoms with Gasteiger partial charge in [0.2, 0.25) is 0 Å². The van der Waals surface area contributed by atoms with Crippen LogP contribution in [0.1, 0.15) is 10.4 Å². The third kappa shape index (κ3) is 2.07. The van der Waals surface area contributed by atoms with E-state index in [0.717, 1.165) is 5.56 Å². The molecule has 0 amide bonds. The summed E-state index contributed by atoms with van der Waals surface area (Å²) in [6.07, 6.45) is 0. The van der Waals surface area contributed by atoms with Crippen LogP contribution in [0.2, 0.25) is 0 Å². The van der Waals surface area contributed by atoms with Crippen LogP contribution in [0.25, 0.3) is 22.3 Å². The molecule has 0 saturated heterocycles. The molecule has 3 aromatic rings. The molecule has 4 nitrogen and oxygen atoms in total. The molecule has 0 fully saturated rings. The topological polar surface area (TPSA) is 67.5 Å². The first-order valence-corrected chi connectivity index (χ1v) is 6.02. The molecule has 0 aliphatic carbocycles. The molecule has 0 unspecified atom stereocenters. The number of aromatic carboxylic acids is 1. The highest BCUT2D eigenvalue weighted by Crippen LogP contribution is 2.22. The lowest BCUT2D eigenvalue weighted by Gasteiger charge is -2.03. The van der Waals surface area contributed by atoms with E-state index in [9.17, 15) is 9.59 Å². The van der Waals surface area contributed by atoms with Gasteiger partial charge in [0.25, 0.3) is 0 Å². The van der Waals surface area contributed by atoms with Crippen LogP contribution in [-0.2, 0) is 0 Å². The highest BCUT2D eigenvalue weighted by Gasteiger charge is 2.10. The Balaban J connectivity index is 2.27. The monoisotopic (exact) mass is 266 g/mol. The quantitative estimate of drug-likeness (QED) is 0.773. The Morgan fingerprint density at radius 1 is 1.00 bits per heavy atom. The van der Waals surface area contributed by atoms with Gasteiger partial charge in [-0.15, -0.1) is 0 Å². The standard InChI is InChI=1S/C16H10O4/c17-13-9-14(10-4-2-1-3-5-10)20-15-8-11(16(18)19)6-7-12(13)15/h1-9H,(H,18,19). The highest BCUT2D eigenvalue weighted by atomic mass is 16.4. The van der Waals surface area contributed by atoms with Crippen molar-refractivity contribution in [3.05, 3.63) is 70.4 Å². The van der Waals surface area contributed by atoms with Gasteiger partial charge in [0.1, 0.15) is 11.3 Å². The SMILES string of the molecule is O=C(O)c1ccc2c(=O)cc(-c3ccccc3)oc2c1. The van der Waals surface area contributed by atoms with Gasteiger partial charge >= 0.3 is 5.97 Å². The maximum absolute atomic E-state index is 12.0. The maximum atomic E-state index is 12.0. The van der Waals surface area contributed by atoms with Crippen LogP contribution in [0, 0.1) is 0 Å². The first-order chi connectivity index (χ1) is 9.65. The van der Waals surface area contributed by atoms with Crippen molar-refractivity contribution < 1.29 is 14.3 Å². The molecule has 2 aromatic carbocycles. The normalized spacial score (nSPS) is 10.6. The summed E-state index contributed by atoms with van der Waals surface area (Å²) in [5, 5.41) is 9.35. The summed E-state index contributed by atoms with van der Waals surface area (Å²) in [4.78, 5) is 23.0. The summed E-state index contributed by atoms with van der Waals surface area (Å²) in [6, 6.07) is 14.8. The number of rotatable bonds is 2. The van der Waals surface area contributed by atoms with Gasteiger partial charge in [-0.05, 0) is 18.2 Å². The highest BCUT2D eigenvalue weighted by molar-refractivity contribution is 5.92. The van der Waals surface area contributed by atoms with E-state index in [1.807, 2.05) is 30.3 Å². The second kappa shape index (κ2) is 4.66. The summed E-state index contributed by atoms with van der Waals surface area (Å²) < 4.78 is 5.66. The van der Waals surface area contributed by atoms with Crippen molar-refractivity contribution in [3.63, 3.8) is 0 Å². The predicted octanol–water partition coefficient (Wildman–Crippen LogP) is 3.16. The van der Waals surface area contributed by atoms with E-state index >= 15 is 0 Å². The predicted molar refractivity (Wildman–Crippen MR) is 74.9 cm³/mol. The number of fused-ring (bicyclic) bond motifs is 1.